The van der Waals surface area contributed by atoms with E-state index >= 15 is 0 Å². The van der Waals surface area contributed by atoms with Crippen molar-refractivity contribution in [1.82, 2.24) is 0 Å². The molecule has 0 saturated carbocycles. The van der Waals surface area contributed by atoms with E-state index in [1.807, 2.05) is 37.3 Å². The van der Waals surface area contributed by atoms with Crippen molar-refractivity contribution in [3.05, 3.63) is 41.5 Å². The Balaban J connectivity index is 2.39. The Kier molecular flexibility index (Phi) is 4.94. The van der Waals surface area contributed by atoms with Gasteiger partial charge in [0, 0.05) is 0 Å². The molecule has 0 spiro atoms. The lowest BCUT2D eigenvalue weighted by atomic mass is 10.1. The topological polar surface area (TPSA) is 58.9 Å². The molecule has 0 unspecified atom stereocenters. The van der Waals surface area contributed by atoms with E-state index in [2.05, 4.69) is 5.16 Å². The Morgan fingerprint density at radius 3 is 2.65 bits per heavy atom. The number of benzene rings is 1. The first kappa shape index (κ1) is 13.0. The second kappa shape index (κ2) is 6.48. The van der Waals surface area contributed by atoms with E-state index in [-0.39, 0.29) is 12.3 Å². The number of hydrogen-bond acceptors (Lipinski definition) is 3. The molecular weight excluding hydrogens is 218 g/mol. The van der Waals surface area contributed by atoms with Crippen LogP contribution < -0.4 is 0 Å². The first-order valence-corrected chi connectivity index (χ1v) is 5.22. The third kappa shape index (κ3) is 4.97. The van der Waals surface area contributed by atoms with Gasteiger partial charge < -0.3 is 9.94 Å². The quantitative estimate of drug-likeness (QED) is 0.483. The highest BCUT2D eigenvalue weighted by atomic mass is 16.6. The van der Waals surface area contributed by atoms with Crippen molar-refractivity contribution in [1.29, 1.82) is 0 Å². The molecule has 0 aliphatic heterocycles. The minimum Gasteiger partial charge on any atom is -0.477 e. The summed E-state index contributed by atoms with van der Waals surface area (Å²) in [5, 5.41) is 11.9. The van der Waals surface area contributed by atoms with E-state index in [0.29, 0.717) is 0 Å². The summed E-state index contributed by atoms with van der Waals surface area (Å²) in [6.45, 7) is 3.66. The van der Waals surface area contributed by atoms with Crippen LogP contribution in [-0.4, -0.2) is 23.4 Å². The average Bonchev–Trinajstić information content (AvgIpc) is 2.30. The number of rotatable bonds is 5. The lowest BCUT2D eigenvalue weighted by molar-refractivity contribution is -0.129. The van der Waals surface area contributed by atoms with Gasteiger partial charge in [-0.15, -0.1) is 0 Å². The Morgan fingerprint density at radius 2 is 2.06 bits per heavy atom. The Labute approximate surface area is 100 Å². The van der Waals surface area contributed by atoms with Gasteiger partial charge in [0.15, 0.2) is 5.71 Å². The van der Waals surface area contributed by atoms with Crippen molar-refractivity contribution in [2.45, 2.75) is 13.8 Å². The predicted molar refractivity (Wildman–Crippen MR) is 66.9 cm³/mol. The monoisotopic (exact) mass is 233 g/mol. The number of carboxylic acid groups (broad SMARTS) is 1. The zero-order valence-electron chi connectivity index (χ0n) is 9.88. The molecule has 4 nitrogen and oxygen atoms in total. The van der Waals surface area contributed by atoms with Crippen molar-refractivity contribution in [2.24, 2.45) is 5.16 Å². The van der Waals surface area contributed by atoms with Crippen LogP contribution in [0.2, 0.25) is 0 Å². The normalized spacial score (nSPS) is 11.8. The molecule has 0 aromatic heterocycles. The molecule has 0 bridgehead atoms. The van der Waals surface area contributed by atoms with Crippen molar-refractivity contribution in [3.63, 3.8) is 0 Å². The molecule has 0 amide bonds. The van der Waals surface area contributed by atoms with Gasteiger partial charge >= 0.3 is 5.97 Å². The van der Waals surface area contributed by atoms with Crippen LogP contribution >= 0.6 is 0 Å². The minimum absolute atomic E-state index is 0.0614. The fourth-order valence-corrected chi connectivity index (χ4v) is 1.08. The van der Waals surface area contributed by atoms with Crippen LogP contribution in [0.25, 0.3) is 6.08 Å². The van der Waals surface area contributed by atoms with Crippen molar-refractivity contribution in [2.75, 3.05) is 6.61 Å². The molecule has 4 heteroatoms. The van der Waals surface area contributed by atoms with E-state index in [1.165, 1.54) is 12.5 Å². The number of aliphatic carboxylic acids is 1. The lowest BCUT2D eigenvalue weighted by Gasteiger charge is -1.96. The van der Waals surface area contributed by atoms with Crippen LogP contribution in [0.15, 0.2) is 35.5 Å². The zero-order chi connectivity index (χ0) is 12.7. The molecule has 1 aromatic rings. The summed E-state index contributed by atoms with van der Waals surface area (Å²) in [5.41, 5.74) is 2.21. The van der Waals surface area contributed by atoms with Crippen molar-refractivity contribution < 1.29 is 14.7 Å². The highest BCUT2D eigenvalue weighted by molar-refractivity contribution is 6.34. The number of carboxylic acids is 1. The molecule has 0 atom stereocenters. The molecule has 1 rings (SSSR count). The Hall–Kier alpha value is -2.10. The molecule has 17 heavy (non-hydrogen) atoms. The van der Waals surface area contributed by atoms with Crippen molar-refractivity contribution in [3.8, 4) is 0 Å². The maximum Gasteiger partial charge on any atom is 0.353 e. The Morgan fingerprint density at radius 1 is 1.41 bits per heavy atom. The summed E-state index contributed by atoms with van der Waals surface area (Å²) in [4.78, 5) is 15.2. The standard InChI is InChI=1S/C13H15NO3/c1-10-5-7-12(8-6-10)4-3-9-17-14-11(2)13(15)16/h3-8H,9H2,1-2H3,(H,15,16)/b4-3+,14-11+. The highest BCUT2D eigenvalue weighted by Crippen LogP contribution is 2.04. The highest BCUT2D eigenvalue weighted by Gasteiger charge is 2.00. The average molecular weight is 233 g/mol. The van der Waals surface area contributed by atoms with E-state index in [1.54, 1.807) is 6.08 Å². The fourth-order valence-electron chi connectivity index (χ4n) is 1.08. The minimum atomic E-state index is -1.08. The number of nitrogens with zero attached hydrogens (tertiary/aromatic N) is 1. The molecule has 0 radical (unpaired) electrons. The molecular formula is C13H15NO3. The molecule has 90 valence electrons. The van der Waals surface area contributed by atoms with E-state index < -0.39 is 5.97 Å². The smallest absolute Gasteiger partial charge is 0.353 e. The van der Waals surface area contributed by atoms with E-state index in [9.17, 15) is 4.79 Å². The zero-order valence-corrected chi connectivity index (χ0v) is 9.88. The predicted octanol–water partition coefficient (Wildman–Crippen LogP) is 2.49. The number of oxime groups is 1. The van der Waals surface area contributed by atoms with Gasteiger partial charge in [-0.3, -0.25) is 0 Å². The summed E-state index contributed by atoms with van der Waals surface area (Å²) < 4.78 is 0. The first-order chi connectivity index (χ1) is 8.09. The third-order valence-electron chi connectivity index (χ3n) is 2.07. The van der Waals surface area contributed by atoms with Crippen LogP contribution in [-0.2, 0) is 9.63 Å². The number of aryl methyl sites for hydroxylation is 1. The van der Waals surface area contributed by atoms with Gasteiger partial charge in [-0.05, 0) is 25.5 Å². The van der Waals surface area contributed by atoms with Gasteiger partial charge in [0.05, 0.1) is 0 Å². The van der Waals surface area contributed by atoms with Crippen LogP contribution in [0.1, 0.15) is 18.1 Å². The number of hydrogen-bond donors (Lipinski definition) is 1. The molecule has 0 aliphatic rings. The maximum absolute atomic E-state index is 10.4. The van der Waals surface area contributed by atoms with Crippen LogP contribution in [0.3, 0.4) is 0 Å². The third-order valence-corrected chi connectivity index (χ3v) is 2.07. The molecule has 1 N–H and O–H groups in total. The van der Waals surface area contributed by atoms with Crippen molar-refractivity contribution >= 4 is 17.8 Å². The lowest BCUT2D eigenvalue weighted by Crippen LogP contribution is -2.08. The first-order valence-electron chi connectivity index (χ1n) is 5.22. The van der Waals surface area contributed by atoms with Crippen LogP contribution in [0.5, 0.6) is 0 Å². The van der Waals surface area contributed by atoms with E-state index in [4.69, 9.17) is 9.94 Å². The molecule has 1 aromatic carbocycles. The van der Waals surface area contributed by atoms with Crippen LogP contribution in [0.4, 0.5) is 0 Å². The summed E-state index contributed by atoms with van der Waals surface area (Å²) >= 11 is 0. The molecule has 0 aliphatic carbocycles. The maximum atomic E-state index is 10.4. The summed E-state index contributed by atoms with van der Waals surface area (Å²) in [6.07, 6.45) is 3.67. The van der Waals surface area contributed by atoms with Gasteiger partial charge in [0.1, 0.15) is 6.61 Å². The largest absolute Gasteiger partial charge is 0.477 e. The van der Waals surface area contributed by atoms with E-state index in [0.717, 1.165) is 5.56 Å². The SMILES string of the molecule is C/C(=N\OC/C=C/c1ccc(C)cc1)C(=O)O. The summed E-state index contributed by atoms with van der Waals surface area (Å²) in [7, 11) is 0. The molecule has 0 heterocycles. The molecule has 0 fully saturated rings. The van der Waals surface area contributed by atoms with Gasteiger partial charge in [-0.2, -0.15) is 0 Å². The van der Waals surface area contributed by atoms with Crippen LogP contribution in [0, 0.1) is 6.92 Å². The van der Waals surface area contributed by atoms with Gasteiger partial charge in [0.2, 0.25) is 0 Å². The van der Waals surface area contributed by atoms with Gasteiger partial charge in [-0.1, -0.05) is 41.1 Å². The Bertz CT molecular complexity index is 432. The summed E-state index contributed by atoms with van der Waals surface area (Å²) in [6, 6.07) is 8.04. The second-order valence-electron chi connectivity index (χ2n) is 3.59. The second-order valence-corrected chi connectivity index (χ2v) is 3.59. The summed E-state index contributed by atoms with van der Waals surface area (Å²) in [5.74, 6) is -1.08. The fraction of sp³-hybridized carbons (Fsp3) is 0.231. The number of carbonyl (C=O) groups is 1. The van der Waals surface area contributed by atoms with Gasteiger partial charge in [0.25, 0.3) is 0 Å². The molecule has 0 saturated heterocycles. The van der Waals surface area contributed by atoms with Gasteiger partial charge in [-0.25, -0.2) is 4.79 Å².